The van der Waals surface area contributed by atoms with Crippen LogP contribution in [0.15, 0.2) is 0 Å². The van der Waals surface area contributed by atoms with Gasteiger partial charge in [-0.15, -0.1) is 0 Å². The number of rotatable bonds is 10. The predicted molar refractivity (Wildman–Crippen MR) is 95.9 cm³/mol. The van der Waals surface area contributed by atoms with Gasteiger partial charge in [0.2, 0.25) is 23.6 Å². The van der Waals surface area contributed by atoms with Crippen LogP contribution >= 0.6 is 0 Å². The van der Waals surface area contributed by atoms with Gasteiger partial charge in [-0.25, -0.2) is 4.79 Å². The molecule has 162 valence electrons. The summed E-state index contributed by atoms with van der Waals surface area (Å²) in [4.78, 5) is 71.0. The van der Waals surface area contributed by atoms with E-state index >= 15 is 0 Å². The first-order valence-corrected chi connectivity index (χ1v) is 8.83. The largest absolute Gasteiger partial charge is 0.481 e. The van der Waals surface area contributed by atoms with Crippen LogP contribution in [-0.4, -0.2) is 81.4 Å². The van der Waals surface area contributed by atoms with Gasteiger partial charge in [-0.1, -0.05) is 0 Å². The molecule has 0 aromatic rings. The van der Waals surface area contributed by atoms with Gasteiger partial charge >= 0.3 is 11.9 Å². The van der Waals surface area contributed by atoms with Gasteiger partial charge in [-0.3, -0.25) is 24.0 Å². The Bertz CT molecular complexity index is 697. The Balaban J connectivity index is 2.81. The number of carboxylic acid groups (broad SMARTS) is 2. The van der Waals surface area contributed by atoms with Gasteiger partial charge in [-0.2, -0.15) is 0 Å². The van der Waals surface area contributed by atoms with Gasteiger partial charge < -0.3 is 37.2 Å². The van der Waals surface area contributed by atoms with E-state index in [9.17, 15) is 33.9 Å². The van der Waals surface area contributed by atoms with Crippen molar-refractivity contribution in [1.82, 2.24) is 15.5 Å². The molecule has 13 heteroatoms. The van der Waals surface area contributed by atoms with Gasteiger partial charge in [-0.05, 0) is 19.8 Å². The molecular weight excluding hydrogens is 390 g/mol. The second kappa shape index (κ2) is 10.4. The average Bonchev–Trinajstić information content (AvgIpc) is 3.09. The lowest BCUT2D eigenvalue weighted by atomic mass is 10.1. The molecule has 0 spiro atoms. The number of carboxylic acids is 2. The maximum atomic E-state index is 12.6. The second-order valence-corrected chi connectivity index (χ2v) is 6.69. The van der Waals surface area contributed by atoms with Crippen molar-refractivity contribution in [3.05, 3.63) is 0 Å². The van der Waals surface area contributed by atoms with Crippen LogP contribution in [0.5, 0.6) is 0 Å². The smallest absolute Gasteiger partial charge is 0.326 e. The maximum Gasteiger partial charge on any atom is 0.326 e. The van der Waals surface area contributed by atoms with Crippen molar-refractivity contribution < 1.29 is 39.0 Å². The molecule has 8 N–H and O–H groups in total. The fourth-order valence-corrected chi connectivity index (χ4v) is 2.85. The fourth-order valence-electron chi connectivity index (χ4n) is 2.85. The van der Waals surface area contributed by atoms with Crippen LogP contribution in [0.2, 0.25) is 0 Å². The number of nitrogens with zero attached hydrogens (tertiary/aromatic N) is 1. The van der Waals surface area contributed by atoms with Crippen molar-refractivity contribution in [1.29, 1.82) is 0 Å². The Morgan fingerprint density at radius 1 is 1.07 bits per heavy atom. The van der Waals surface area contributed by atoms with Gasteiger partial charge in [0.05, 0.1) is 18.9 Å². The van der Waals surface area contributed by atoms with Crippen LogP contribution in [0.1, 0.15) is 32.6 Å². The number of carbonyl (C=O) groups excluding carboxylic acids is 4. The van der Waals surface area contributed by atoms with Gasteiger partial charge in [0.15, 0.2) is 0 Å². The van der Waals surface area contributed by atoms with Crippen LogP contribution in [0, 0.1) is 0 Å². The highest BCUT2D eigenvalue weighted by molar-refractivity contribution is 5.96. The number of hydrogen-bond acceptors (Lipinski definition) is 7. The Morgan fingerprint density at radius 3 is 2.21 bits per heavy atom. The number of carbonyl (C=O) groups is 6. The Morgan fingerprint density at radius 2 is 1.69 bits per heavy atom. The molecular formula is C16H25N5O8. The highest BCUT2D eigenvalue weighted by Crippen LogP contribution is 2.19. The van der Waals surface area contributed by atoms with Crippen molar-refractivity contribution in [3.8, 4) is 0 Å². The third-order valence-corrected chi connectivity index (χ3v) is 4.32. The first-order chi connectivity index (χ1) is 13.4. The van der Waals surface area contributed by atoms with Crippen molar-refractivity contribution in [3.63, 3.8) is 0 Å². The molecule has 0 aliphatic carbocycles. The van der Waals surface area contributed by atoms with E-state index in [0.29, 0.717) is 6.42 Å². The van der Waals surface area contributed by atoms with E-state index in [0.717, 1.165) is 4.90 Å². The molecule has 13 nitrogen and oxygen atoms in total. The summed E-state index contributed by atoms with van der Waals surface area (Å²) in [5, 5.41) is 22.7. The molecule has 29 heavy (non-hydrogen) atoms. The molecule has 1 aliphatic rings. The molecule has 1 fully saturated rings. The zero-order chi connectivity index (χ0) is 22.3. The Kier molecular flexibility index (Phi) is 8.51. The zero-order valence-corrected chi connectivity index (χ0v) is 15.8. The number of nitrogens with one attached hydrogen (secondary N) is 2. The summed E-state index contributed by atoms with van der Waals surface area (Å²) in [6, 6.07) is -5.10. The lowest BCUT2D eigenvalue weighted by molar-refractivity contribution is -0.150. The number of primary amides is 1. The van der Waals surface area contributed by atoms with Crippen molar-refractivity contribution in [2.45, 2.75) is 56.8 Å². The number of hydrogen-bond donors (Lipinski definition) is 6. The van der Waals surface area contributed by atoms with E-state index < -0.39 is 72.6 Å². The fraction of sp³-hybridized carbons (Fsp3) is 0.625. The summed E-state index contributed by atoms with van der Waals surface area (Å²) in [5.74, 6) is -5.96. The van der Waals surface area contributed by atoms with E-state index in [2.05, 4.69) is 10.6 Å². The van der Waals surface area contributed by atoms with E-state index in [4.69, 9.17) is 16.6 Å². The normalized spacial score (nSPS) is 19.0. The van der Waals surface area contributed by atoms with Crippen LogP contribution in [0.4, 0.5) is 0 Å². The zero-order valence-electron chi connectivity index (χ0n) is 15.8. The first-order valence-electron chi connectivity index (χ1n) is 8.83. The molecule has 0 bridgehead atoms. The SMILES string of the molecule is CC(NC(=O)C(N)CC(N)=O)C(=O)NC(CC(=O)O)C(=O)N1CCCC1C(=O)O. The molecule has 0 saturated carbocycles. The summed E-state index contributed by atoms with van der Waals surface area (Å²) < 4.78 is 0. The maximum absolute atomic E-state index is 12.6. The van der Waals surface area contributed by atoms with E-state index in [1.165, 1.54) is 6.92 Å². The third kappa shape index (κ3) is 7.03. The standard InChI is InChI=1S/C16H25N5O8/c1-7(19-14(26)8(17)5-11(18)22)13(25)20-9(6-12(23)24)15(27)21-4-2-3-10(21)16(28)29/h7-10H,2-6,17H2,1H3,(H2,18,22)(H,19,26)(H,20,25)(H,23,24)(H,28,29). The van der Waals surface area contributed by atoms with E-state index in [1.807, 2.05) is 0 Å². The Labute approximate surface area is 165 Å². The lowest BCUT2D eigenvalue weighted by Gasteiger charge is -2.27. The van der Waals surface area contributed by atoms with Crippen LogP contribution < -0.4 is 22.1 Å². The number of nitrogens with two attached hydrogens (primary N) is 2. The molecule has 0 aromatic heterocycles. The van der Waals surface area contributed by atoms with Gasteiger partial charge in [0.25, 0.3) is 0 Å². The van der Waals surface area contributed by atoms with E-state index in [1.54, 1.807) is 0 Å². The van der Waals surface area contributed by atoms with Crippen LogP contribution in [-0.2, 0) is 28.8 Å². The quantitative estimate of drug-likeness (QED) is 0.210. The predicted octanol–water partition coefficient (Wildman–Crippen LogP) is -3.27. The summed E-state index contributed by atoms with van der Waals surface area (Å²) in [6.45, 7) is 1.39. The number of aliphatic carboxylic acids is 2. The minimum atomic E-state index is -1.52. The van der Waals surface area contributed by atoms with Gasteiger partial charge in [0, 0.05) is 6.54 Å². The summed E-state index contributed by atoms with van der Waals surface area (Å²) >= 11 is 0. The minimum Gasteiger partial charge on any atom is -0.481 e. The summed E-state index contributed by atoms with van der Waals surface area (Å²) in [7, 11) is 0. The minimum absolute atomic E-state index is 0.121. The third-order valence-electron chi connectivity index (χ3n) is 4.32. The Hall–Kier alpha value is -3.22. The molecule has 0 radical (unpaired) electrons. The van der Waals surface area contributed by atoms with Crippen LogP contribution in [0.3, 0.4) is 0 Å². The molecule has 4 atom stereocenters. The van der Waals surface area contributed by atoms with Crippen molar-refractivity contribution in [2.24, 2.45) is 11.5 Å². The van der Waals surface area contributed by atoms with Gasteiger partial charge in [0.1, 0.15) is 18.1 Å². The number of likely N-dealkylation sites (tertiary alicyclic amines) is 1. The summed E-state index contributed by atoms with van der Waals surface area (Å²) in [5.41, 5.74) is 10.4. The monoisotopic (exact) mass is 415 g/mol. The average molecular weight is 415 g/mol. The molecule has 1 rings (SSSR count). The second-order valence-electron chi connectivity index (χ2n) is 6.69. The molecule has 1 heterocycles. The lowest BCUT2D eigenvalue weighted by Crippen LogP contribution is -2.57. The topological polar surface area (TPSA) is 222 Å². The molecule has 1 saturated heterocycles. The van der Waals surface area contributed by atoms with E-state index in [-0.39, 0.29) is 13.0 Å². The van der Waals surface area contributed by atoms with Crippen LogP contribution in [0.25, 0.3) is 0 Å². The highest BCUT2D eigenvalue weighted by atomic mass is 16.4. The van der Waals surface area contributed by atoms with Crippen molar-refractivity contribution in [2.75, 3.05) is 6.54 Å². The first kappa shape index (κ1) is 23.8. The number of amides is 4. The molecule has 4 unspecified atom stereocenters. The molecule has 1 aliphatic heterocycles. The molecule has 0 aromatic carbocycles. The highest BCUT2D eigenvalue weighted by Gasteiger charge is 2.38. The summed E-state index contributed by atoms with van der Waals surface area (Å²) in [6.07, 6.45) is -0.555. The van der Waals surface area contributed by atoms with Crippen molar-refractivity contribution >= 4 is 35.6 Å². The molecule has 4 amide bonds.